The summed E-state index contributed by atoms with van der Waals surface area (Å²) in [6, 6.07) is 9.32. The lowest BCUT2D eigenvalue weighted by atomic mass is 10.1. The fraction of sp³-hybridized carbons (Fsp3) is 0.600. The van der Waals surface area contributed by atoms with Gasteiger partial charge >= 0.3 is 0 Å². The highest BCUT2D eigenvalue weighted by atomic mass is 16.5. The molecule has 0 unspecified atom stereocenters. The van der Waals surface area contributed by atoms with Gasteiger partial charge in [0.1, 0.15) is 12.4 Å². The van der Waals surface area contributed by atoms with Gasteiger partial charge in [0.15, 0.2) is 0 Å². The minimum absolute atomic E-state index is 0.294. The SMILES string of the molecule is N#Cc1ccc(OCCN2CCN(CC(=O)N3CCCCC3)CC2)cc1. The number of nitrogens with zero attached hydrogens (tertiary/aromatic N) is 4. The van der Waals surface area contributed by atoms with Crippen molar-refractivity contribution < 1.29 is 9.53 Å². The van der Waals surface area contributed by atoms with E-state index in [4.69, 9.17) is 10.00 Å². The molecule has 6 heteroatoms. The first-order valence-corrected chi connectivity index (χ1v) is 9.60. The van der Waals surface area contributed by atoms with Gasteiger partial charge in [0.25, 0.3) is 0 Å². The van der Waals surface area contributed by atoms with E-state index in [-0.39, 0.29) is 0 Å². The van der Waals surface area contributed by atoms with Gasteiger partial charge in [0.2, 0.25) is 5.91 Å². The fourth-order valence-corrected chi connectivity index (χ4v) is 3.52. The van der Waals surface area contributed by atoms with Gasteiger partial charge in [-0.3, -0.25) is 14.6 Å². The van der Waals surface area contributed by atoms with Gasteiger partial charge in [-0.15, -0.1) is 0 Å². The van der Waals surface area contributed by atoms with Crippen LogP contribution < -0.4 is 4.74 Å². The average Bonchev–Trinajstić information content (AvgIpc) is 2.70. The molecule has 0 spiro atoms. The van der Waals surface area contributed by atoms with Crippen molar-refractivity contribution >= 4 is 5.91 Å². The van der Waals surface area contributed by atoms with Crippen LogP contribution in [0.15, 0.2) is 24.3 Å². The molecule has 26 heavy (non-hydrogen) atoms. The second-order valence-electron chi connectivity index (χ2n) is 7.04. The van der Waals surface area contributed by atoms with E-state index in [9.17, 15) is 4.79 Å². The van der Waals surface area contributed by atoms with Crippen molar-refractivity contribution in [3.63, 3.8) is 0 Å². The molecule has 2 aliphatic heterocycles. The van der Waals surface area contributed by atoms with E-state index in [2.05, 4.69) is 15.9 Å². The first kappa shape index (κ1) is 18.7. The van der Waals surface area contributed by atoms with Crippen molar-refractivity contribution in [2.75, 3.05) is 59.0 Å². The summed E-state index contributed by atoms with van der Waals surface area (Å²) in [5.41, 5.74) is 0.646. The van der Waals surface area contributed by atoms with Crippen molar-refractivity contribution in [3.05, 3.63) is 29.8 Å². The molecule has 140 valence electrons. The highest BCUT2D eigenvalue weighted by Crippen LogP contribution is 2.12. The van der Waals surface area contributed by atoms with E-state index in [1.165, 1.54) is 6.42 Å². The van der Waals surface area contributed by atoms with Crippen LogP contribution in [0.5, 0.6) is 5.75 Å². The molecule has 0 radical (unpaired) electrons. The van der Waals surface area contributed by atoms with Gasteiger partial charge in [0, 0.05) is 45.8 Å². The van der Waals surface area contributed by atoms with Gasteiger partial charge < -0.3 is 9.64 Å². The number of benzene rings is 1. The zero-order valence-corrected chi connectivity index (χ0v) is 15.4. The number of likely N-dealkylation sites (tertiary alicyclic amines) is 1. The van der Waals surface area contributed by atoms with Gasteiger partial charge in [-0.25, -0.2) is 0 Å². The maximum absolute atomic E-state index is 12.4. The zero-order chi connectivity index (χ0) is 18.2. The summed E-state index contributed by atoms with van der Waals surface area (Å²) >= 11 is 0. The molecule has 3 rings (SSSR count). The van der Waals surface area contributed by atoms with Gasteiger partial charge in [-0.1, -0.05) is 0 Å². The van der Waals surface area contributed by atoms with Crippen LogP contribution >= 0.6 is 0 Å². The topological polar surface area (TPSA) is 59.8 Å². The maximum atomic E-state index is 12.4. The molecule has 0 N–H and O–H groups in total. The molecule has 2 heterocycles. The zero-order valence-electron chi connectivity index (χ0n) is 15.4. The normalized spacial score (nSPS) is 19.1. The molecule has 0 saturated carbocycles. The number of ether oxygens (including phenoxy) is 1. The number of hydrogen-bond donors (Lipinski definition) is 0. The highest BCUT2D eigenvalue weighted by molar-refractivity contribution is 5.78. The molecule has 0 aliphatic carbocycles. The van der Waals surface area contributed by atoms with Crippen LogP contribution in [0.2, 0.25) is 0 Å². The Balaban J connectivity index is 1.32. The third-order valence-corrected chi connectivity index (χ3v) is 5.19. The van der Waals surface area contributed by atoms with Crippen LogP contribution in [-0.2, 0) is 4.79 Å². The van der Waals surface area contributed by atoms with Crippen molar-refractivity contribution in [2.24, 2.45) is 0 Å². The van der Waals surface area contributed by atoms with Crippen molar-refractivity contribution in [3.8, 4) is 11.8 Å². The lowest BCUT2D eigenvalue weighted by Gasteiger charge is -2.36. The van der Waals surface area contributed by atoms with Crippen LogP contribution in [0.3, 0.4) is 0 Å². The molecule has 2 aliphatic rings. The van der Waals surface area contributed by atoms with Crippen LogP contribution in [0.1, 0.15) is 24.8 Å². The van der Waals surface area contributed by atoms with Gasteiger partial charge in [0.05, 0.1) is 18.2 Å². The Hall–Kier alpha value is -2.10. The predicted octanol–water partition coefficient (Wildman–Crippen LogP) is 1.57. The van der Waals surface area contributed by atoms with Crippen molar-refractivity contribution in [1.29, 1.82) is 5.26 Å². The maximum Gasteiger partial charge on any atom is 0.236 e. The number of rotatable bonds is 6. The summed E-state index contributed by atoms with van der Waals surface area (Å²) in [6.45, 7) is 7.79. The first-order chi connectivity index (χ1) is 12.7. The van der Waals surface area contributed by atoms with Crippen molar-refractivity contribution in [2.45, 2.75) is 19.3 Å². The van der Waals surface area contributed by atoms with Gasteiger partial charge in [-0.05, 0) is 43.5 Å². The summed E-state index contributed by atoms with van der Waals surface area (Å²) in [4.78, 5) is 19.0. The number of nitriles is 1. The van der Waals surface area contributed by atoms with Crippen LogP contribution in [0.25, 0.3) is 0 Å². The molecule has 2 fully saturated rings. The summed E-state index contributed by atoms with van der Waals surface area (Å²) in [6.07, 6.45) is 3.56. The standard InChI is InChI=1S/C20H28N4O2/c21-16-18-4-6-19(7-5-18)26-15-14-22-10-12-23(13-11-22)17-20(25)24-8-2-1-3-9-24/h4-7H,1-3,8-15,17H2. The second kappa shape index (κ2) is 9.56. The molecular formula is C20H28N4O2. The second-order valence-corrected chi connectivity index (χ2v) is 7.04. The number of piperazine rings is 1. The summed E-state index contributed by atoms with van der Waals surface area (Å²) < 4.78 is 5.75. The summed E-state index contributed by atoms with van der Waals surface area (Å²) in [7, 11) is 0. The molecule has 1 amide bonds. The highest BCUT2D eigenvalue weighted by Gasteiger charge is 2.22. The van der Waals surface area contributed by atoms with Crippen molar-refractivity contribution in [1.82, 2.24) is 14.7 Å². The Kier molecular flexibility index (Phi) is 6.87. The Bertz CT molecular complexity index is 612. The molecule has 0 aromatic heterocycles. The quantitative estimate of drug-likeness (QED) is 0.774. The summed E-state index contributed by atoms with van der Waals surface area (Å²) in [5.74, 6) is 1.09. The average molecular weight is 356 g/mol. The molecule has 1 aromatic rings. The smallest absolute Gasteiger partial charge is 0.236 e. The van der Waals surface area contributed by atoms with E-state index in [1.54, 1.807) is 12.1 Å². The minimum Gasteiger partial charge on any atom is -0.492 e. The predicted molar refractivity (Wildman–Crippen MR) is 100.0 cm³/mol. The monoisotopic (exact) mass is 356 g/mol. The Labute approximate surface area is 155 Å². The fourth-order valence-electron chi connectivity index (χ4n) is 3.52. The van der Waals surface area contributed by atoms with E-state index >= 15 is 0 Å². The molecule has 6 nitrogen and oxygen atoms in total. The third kappa shape index (κ3) is 5.45. The number of carbonyl (C=O) groups excluding carboxylic acids is 1. The third-order valence-electron chi connectivity index (χ3n) is 5.19. The molecular weight excluding hydrogens is 328 g/mol. The molecule has 2 saturated heterocycles. The lowest BCUT2D eigenvalue weighted by Crippen LogP contribution is -2.51. The van der Waals surface area contributed by atoms with Crippen LogP contribution in [0.4, 0.5) is 0 Å². The number of hydrogen-bond acceptors (Lipinski definition) is 5. The Morgan fingerprint density at radius 2 is 1.62 bits per heavy atom. The van der Waals surface area contributed by atoms with Crippen LogP contribution in [0, 0.1) is 11.3 Å². The van der Waals surface area contributed by atoms with E-state index < -0.39 is 0 Å². The Morgan fingerprint density at radius 3 is 2.27 bits per heavy atom. The Morgan fingerprint density at radius 1 is 0.962 bits per heavy atom. The molecule has 1 aromatic carbocycles. The molecule has 0 atom stereocenters. The largest absolute Gasteiger partial charge is 0.492 e. The minimum atomic E-state index is 0.294. The number of piperidine rings is 1. The first-order valence-electron chi connectivity index (χ1n) is 9.60. The summed E-state index contributed by atoms with van der Waals surface area (Å²) in [5, 5.41) is 8.80. The molecule has 0 bridgehead atoms. The van der Waals surface area contributed by atoms with Gasteiger partial charge in [-0.2, -0.15) is 5.26 Å². The lowest BCUT2D eigenvalue weighted by molar-refractivity contribution is -0.133. The van der Waals surface area contributed by atoms with E-state index in [0.29, 0.717) is 24.6 Å². The number of amides is 1. The van der Waals surface area contributed by atoms with Crippen LogP contribution in [-0.4, -0.2) is 79.6 Å². The van der Waals surface area contributed by atoms with E-state index in [1.807, 2.05) is 17.0 Å². The number of carbonyl (C=O) groups is 1. The van der Waals surface area contributed by atoms with E-state index in [0.717, 1.165) is 64.4 Å².